The van der Waals surface area contributed by atoms with Gasteiger partial charge in [-0.15, -0.1) is 0 Å². The molecule has 7 atom stereocenters. The molecule has 0 aliphatic carbocycles. The third-order valence-corrected chi connectivity index (χ3v) is 9.67. The molecule has 0 aromatic heterocycles. The van der Waals surface area contributed by atoms with Gasteiger partial charge in [0.05, 0.1) is 24.8 Å². The molecule has 298 valence electrons. The zero-order valence-corrected chi connectivity index (χ0v) is 32.9. The van der Waals surface area contributed by atoms with E-state index in [0.29, 0.717) is 38.2 Å². The number of aliphatic hydroxyl groups is 1. The highest BCUT2D eigenvalue weighted by atomic mass is 16.5. The van der Waals surface area contributed by atoms with Crippen molar-refractivity contribution in [3.05, 3.63) is 65.7 Å². The third-order valence-electron chi connectivity index (χ3n) is 9.67. The van der Waals surface area contributed by atoms with Gasteiger partial charge in [0.1, 0.15) is 23.9 Å². The third kappa shape index (κ3) is 14.4. The van der Waals surface area contributed by atoms with E-state index in [1.165, 1.54) is 6.92 Å². The molecule has 54 heavy (non-hydrogen) atoms. The molecule has 0 spiro atoms. The van der Waals surface area contributed by atoms with Crippen LogP contribution < -0.4 is 36.6 Å². The lowest BCUT2D eigenvalue weighted by Gasteiger charge is -2.31. The number of ether oxygens (including phenoxy) is 1. The van der Waals surface area contributed by atoms with Crippen molar-refractivity contribution >= 4 is 29.5 Å². The van der Waals surface area contributed by atoms with E-state index in [9.17, 15) is 29.1 Å². The normalized spacial score (nSPS) is 19.5. The molecule has 4 rings (SSSR count). The summed E-state index contributed by atoms with van der Waals surface area (Å²) < 4.78 is 5.84. The Morgan fingerprint density at radius 2 is 1.59 bits per heavy atom. The number of carbonyl (C=O) groups excluding carboxylic acids is 5. The van der Waals surface area contributed by atoms with Crippen LogP contribution in [0.25, 0.3) is 0 Å². The predicted molar refractivity (Wildman–Crippen MR) is 208 cm³/mol. The van der Waals surface area contributed by atoms with Gasteiger partial charge in [0.2, 0.25) is 29.5 Å². The standard InChI is InChI=1S/C41H62N6O7/c1-8-27(6)37-40(52)42-19-12-20-54-31-17-15-30(16-18-31)23-33(38(50)47-37)43-24-35(49)32(22-29-13-10-9-11-14-29)45-41(53)36(26(4)5)46-39(51)34(21-25(2)3)44-28(7)48/h9-11,13-18,25-27,32-37,43,49H,8,12,19-24H2,1-7H3,(H,42,52)(H,44,48)(H,45,53)(H,46,51)(H,47,50)/t27?,32-,33-,34-,35-,36-,37-/m0/s1. The van der Waals surface area contributed by atoms with Gasteiger partial charge in [-0.05, 0) is 66.7 Å². The molecule has 0 radical (unpaired) electrons. The van der Waals surface area contributed by atoms with Gasteiger partial charge in [-0.1, -0.05) is 90.4 Å². The molecule has 13 heteroatoms. The maximum atomic E-state index is 13.9. The predicted octanol–water partition coefficient (Wildman–Crippen LogP) is 2.40. The minimum absolute atomic E-state index is 0.0744. The summed E-state index contributed by atoms with van der Waals surface area (Å²) in [6.07, 6.45) is 1.04. The van der Waals surface area contributed by atoms with Gasteiger partial charge in [0, 0.05) is 20.0 Å². The van der Waals surface area contributed by atoms with Crippen molar-refractivity contribution in [2.45, 2.75) is 117 Å². The van der Waals surface area contributed by atoms with Crippen molar-refractivity contribution in [1.29, 1.82) is 0 Å². The Labute approximate surface area is 320 Å². The van der Waals surface area contributed by atoms with Crippen LogP contribution in [-0.4, -0.2) is 90.7 Å². The molecule has 5 amide bonds. The molecule has 0 fully saturated rings. The number of amides is 5. The second-order valence-corrected chi connectivity index (χ2v) is 15.2. The van der Waals surface area contributed by atoms with Crippen molar-refractivity contribution in [2.24, 2.45) is 17.8 Å². The van der Waals surface area contributed by atoms with E-state index in [0.717, 1.165) is 11.1 Å². The fourth-order valence-electron chi connectivity index (χ4n) is 6.32. The Kier molecular flexibility index (Phi) is 17.9. The van der Waals surface area contributed by atoms with E-state index >= 15 is 0 Å². The molecule has 2 heterocycles. The minimum Gasteiger partial charge on any atom is -0.494 e. The molecule has 2 bridgehead atoms. The Morgan fingerprint density at radius 3 is 2.20 bits per heavy atom. The molecule has 0 saturated carbocycles. The monoisotopic (exact) mass is 750 g/mol. The van der Waals surface area contributed by atoms with E-state index in [2.05, 4.69) is 31.9 Å². The van der Waals surface area contributed by atoms with Crippen LogP contribution in [0.1, 0.15) is 78.9 Å². The van der Waals surface area contributed by atoms with Crippen LogP contribution in [-0.2, 0) is 36.8 Å². The molecule has 2 aromatic rings. The van der Waals surface area contributed by atoms with E-state index in [4.69, 9.17) is 4.74 Å². The maximum Gasteiger partial charge on any atom is 0.243 e. The summed E-state index contributed by atoms with van der Waals surface area (Å²) in [6, 6.07) is 12.7. The second-order valence-electron chi connectivity index (χ2n) is 15.2. The van der Waals surface area contributed by atoms with Gasteiger partial charge in [-0.3, -0.25) is 24.0 Å². The molecule has 2 aliphatic rings. The molecule has 7 N–H and O–H groups in total. The first-order valence-electron chi connectivity index (χ1n) is 19.3. The molecule has 1 unspecified atom stereocenters. The highest BCUT2D eigenvalue weighted by Gasteiger charge is 2.33. The fourth-order valence-corrected chi connectivity index (χ4v) is 6.32. The van der Waals surface area contributed by atoms with Gasteiger partial charge in [0.15, 0.2) is 0 Å². The first kappa shape index (κ1) is 43.9. The van der Waals surface area contributed by atoms with E-state index in [-0.39, 0.29) is 54.9 Å². The van der Waals surface area contributed by atoms with Gasteiger partial charge in [0.25, 0.3) is 0 Å². The highest BCUT2D eigenvalue weighted by Crippen LogP contribution is 2.16. The Hall–Kier alpha value is -4.49. The number of hydrogen-bond acceptors (Lipinski definition) is 8. The van der Waals surface area contributed by atoms with E-state index < -0.39 is 48.1 Å². The van der Waals surface area contributed by atoms with Crippen molar-refractivity contribution in [3.63, 3.8) is 0 Å². The van der Waals surface area contributed by atoms with Gasteiger partial charge in [-0.25, -0.2) is 0 Å². The summed E-state index contributed by atoms with van der Waals surface area (Å²) in [6.45, 7) is 13.5. The minimum atomic E-state index is -1.17. The number of carbonyl (C=O) groups is 5. The second kappa shape index (κ2) is 22.0. The SMILES string of the molecule is CCC(C)[C@@H]1NC(=O)[C@@H](NC[C@H](O)[C@H](Cc2ccccc2)NC(=O)[C@@H](NC(=O)[C@H](CC(C)C)NC(C)=O)C(C)C)Cc2ccc(cc2)OCCCNC1=O. The fraction of sp³-hybridized carbons (Fsp3) is 0.585. The lowest BCUT2D eigenvalue weighted by Crippen LogP contribution is -2.60. The zero-order valence-electron chi connectivity index (χ0n) is 32.9. The van der Waals surface area contributed by atoms with Crippen molar-refractivity contribution in [3.8, 4) is 5.75 Å². The quantitative estimate of drug-likeness (QED) is 0.136. The summed E-state index contributed by atoms with van der Waals surface area (Å²) in [5.74, 6) is -1.60. The Morgan fingerprint density at radius 1 is 0.907 bits per heavy atom. The van der Waals surface area contributed by atoms with Crippen molar-refractivity contribution in [2.75, 3.05) is 19.7 Å². The van der Waals surface area contributed by atoms with Crippen LogP contribution in [0, 0.1) is 17.8 Å². The van der Waals surface area contributed by atoms with Gasteiger partial charge < -0.3 is 41.7 Å². The summed E-state index contributed by atoms with van der Waals surface area (Å²) in [7, 11) is 0. The maximum absolute atomic E-state index is 13.9. The number of hydrogen-bond donors (Lipinski definition) is 7. The Balaban J connectivity index is 1.86. The number of rotatable bonds is 16. The summed E-state index contributed by atoms with van der Waals surface area (Å²) in [5.41, 5.74) is 1.72. The van der Waals surface area contributed by atoms with Crippen LogP contribution in [0.5, 0.6) is 5.75 Å². The number of aliphatic hydroxyl groups excluding tert-OH is 1. The van der Waals surface area contributed by atoms with Crippen molar-refractivity contribution < 1.29 is 33.8 Å². The van der Waals surface area contributed by atoms with Crippen LogP contribution >= 0.6 is 0 Å². The van der Waals surface area contributed by atoms with Crippen molar-refractivity contribution in [1.82, 2.24) is 31.9 Å². The summed E-state index contributed by atoms with van der Waals surface area (Å²) in [5, 5.41) is 29.3. The average Bonchev–Trinajstić information content (AvgIpc) is 3.13. The summed E-state index contributed by atoms with van der Waals surface area (Å²) >= 11 is 0. The van der Waals surface area contributed by atoms with Gasteiger partial charge in [-0.2, -0.15) is 0 Å². The molecular formula is C41H62N6O7. The highest BCUT2D eigenvalue weighted by molar-refractivity contribution is 5.92. The smallest absolute Gasteiger partial charge is 0.243 e. The van der Waals surface area contributed by atoms with Crippen LogP contribution in [0.3, 0.4) is 0 Å². The largest absolute Gasteiger partial charge is 0.494 e. The zero-order chi connectivity index (χ0) is 39.8. The first-order chi connectivity index (χ1) is 25.7. The van der Waals surface area contributed by atoms with Gasteiger partial charge >= 0.3 is 0 Å². The summed E-state index contributed by atoms with van der Waals surface area (Å²) in [4.78, 5) is 66.3. The van der Waals surface area contributed by atoms with Crippen LogP contribution in [0.4, 0.5) is 0 Å². The average molecular weight is 751 g/mol. The molecular weight excluding hydrogens is 688 g/mol. The van der Waals surface area contributed by atoms with Crippen LogP contribution in [0.2, 0.25) is 0 Å². The molecule has 0 saturated heterocycles. The van der Waals surface area contributed by atoms with Crippen LogP contribution in [0.15, 0.2) is 54.6 Å². The first-order valence-corrected chi connectivity index (χ1v) is 19.3. The number of nitrogens with one attached hydrogen (secondary N) is 6. The lowest BCUT2D eigenvalue weighted by atomic mass is 9.96. The number of fused-ring (bicyclic) bond motifs is 12. The van der Waals surface area contributed by atoms with E-state index in [1.54, 1.807) is 0 Å². The molecule has 2 aliphatic heterocycles. The molecule has 13 nitrogen and oxygen atoms in total. The lowest BCUT2D eigenvalue weighted by molar-refractivity contribution is -0.133. The topological polar surface area (TPSA) is 187 Å². The molecule has 2 aromatic carbocycles. The van der Waals surface area contributed by atoms with E-state index in [1.807, 2.05) is 96.1 Å². The Bertz CT molecular complexity index is 1500. The number of benzene rings is 2.